The third kappa shape index (κ3) is 4.59. The summed E-state index contributed by atoms with van der Waals surface area (Å²) in [7, 11) is 0. The summed E-state index contributed by atoms with van der Waals surface area (Å²) in [4.78, 5) is 29.3. The van der Waals surface area contributed by atoms with Crippen molar-refractivity contribution in [2.24, 2.45) is 0 Å². The molecule has 0 atom stereocenters. The van der Waals surface area contributed by atoms with Gasteiger partial charge in [0.05, 0.1) is 16.9 Å². The Kier molecular flexibility index (Phi) is 6.11. The van der Waals surface area contributed by atoms with Gasteiger partial charge in [0.2, 0.25) is 4.96 Å². The Bertz CT molecular complexity index is 1380. The number of hydrogen-bond acceptors (Lipinski definition) is 6. The zero-order chi connectivity index (χ0) is 22.7. The highest BCUT2D eigenvalue weighted by Crippen LogP contribution is 2.22. The number of nitriles is 1. The Morgan fingerprint density at radius 3 is 2.84 bits per heavy atom. The van der Waals surface area contributed by atoms with Gasteiger partial charge in [-0.3, -0.25) is 9.59 Å². The number of halogens is 2. The molecule has 0 saturated carbocycles. The number of hydrogen-bond donors (Lipinski definition) is 2. The number of anilines is 1. The molecule has 0 spiro atoms. The molecule has 0 fully saturated rings. The van der Waals surface area contributed by atoms with E-state index in [2.05, 4.69) is 20.7 Å². The van der Waals surface area contributed by atoms with Gasteiger partial charge in [-0.05, 0) is 30.3 Å². The van der Waals surface area contributed by atoms with E-state index in [1.165, 1.54) is 41.7 Å². The SMILES string of the molecule is N#Cc1ccc(Cl)cc1NC(=O)C(=O)NCCc1csc2nc(-c3cccc(F)c3)nn12. The number of amides is 2. The zero-order valence-corrected chi connectivity index (χ0v) is 17.9. The van der Waals surface area contributed by atoms with Crippen LogP contribution in [0.4, 0.5) is 10.1 Å². The topological polar surface area (TPSA) is 112 Å². The summed E-state index contributed by atoms with van der Waals surface area (Å²) in [5, 5.41) is 20.6. The zero-order valence-electron chi connectivity index (χ0n) is 16.3. The first-order valence-electron chi connectivity index (χ1n) is 9.32. The summed E-state index contributed by atoms with van der Waals surface area (Å²) in [5.41, 5.74) is 1.70. The summed E-state index contributed by atoms with van der Waals surface area (Å²) in [6.45, 7) is 0.175. The van der Waals surface area contributed by atoms with Crippen molar-refractivity contribution in [2.45, 2.75) is 6.42 Å². The van der Waals surface area contributed by atoms with Crippen molar-refractivity contribution in [3.05, 3.63) is 69.9 Å². The van der Waals surface area contributed by atoms with E-state index < -0.39 is 11.8 Å². The number of carbonyl (C=O) groups excluding carboxylic acids is 2. The first-order chi connectivity index (χ1) is 15.4. The lowest BCUT2D eigenvalue weighted by Crippen LogP contribution is -2.36. The molecular weight excluding hydrogens is 455 g/mol. The largest absolute Gasteiger partial charge is 0.347 e. The summed E-state index contributed by atoms with van der Waals surface area (Å²) in [5.74, 6) is -1.73. The molecule has 0 aliphatic heterocycles. The van der Waals surface area contributed by atoms with Crippen LogP contribution in [-0.2, 0) is 16.0 Å². The smallest absolute Gasteiger partial charge is 0.313 e. The quantitative estimate of drug-likeness (QED) is 0.436. The molecule has 2 heterocycles. The van der Waals surface area contributed by atoms with Crippen LogP contribution in [0.25, 0.3) is 16.3 Å². The first kappa shape index (κ1) is 21.4. The lowest BCUT2D eigenvalue weighted by atomic mass is 10.2. The van der Waals surface area contributed by atoms with Gasteiger partial charge in [0.15, 0.2) is 5.82 Å². The van der Waals surface area contributed by atoms with Crippen LogP contribution in [0.3, 0.4) is 0 Å². The van der Waals surface area contributed by atoms with E-state index in [0.29, 0.717) is 27.8 Å². The molecule has 8 nitrogen and oxygen atoms in total. The highest BCUT2D eigenvalue weighted by atomic mass is 35.5. The third-order valence-electron chi connectivity index (χ3n) is 4.46. The van der Waals surface area contributed by atoms with Crippen LogP contribution < -0.4 is 10.6 Å². The van der Waals surface area contributed by atoms with E-state index >= 15 is 0 Å². The maximum atomic E-state index is 13.5. The van der Waals surface area contributed by atoms with Crippen LogP contribution >= 0.6 is 22.9 Å². The van der Waals surface area contributed by atoms with Crippen molar-refractivity contribution in [2.75, 3.05) is 11.9 Å². The number of fused-ring (bicyclic) bond motifs is 1. The Morgan fingerprint density at radius 1 is 1.22 bits per heavy atom. The fourth-order valence-electron chi connectivity index (χ4n) is 2.93. The van der Waals surface area contributed by atoms with E-state index in [1.807, 2.05) is 11.4 Å². The number of nitrogens with zero attached hydrogens (tertiary/aromatic N) is 4. The van der Waals surface area contributed by atoms with Crippen LogP contribution in [0.15, 0.2) is 47.8 Å². The van der Waals surface area contributed by atoms with Crippen molar-refractivity contribution in [1.29, 1.82) is 5.26 Å². The molecule has 0 aliphatic carbocycles. The van der Waals surface area contributed by atoms with Crippen molar-refractivity contribution < 1.29 is 14.0 Å². The van der Waals surface area contributed by atoms with Gasteiger partial charge in [-0.15, -0.1) is 16.4 Å². The molecule has 4 aromatic rings. The molecule has 160 valence electrons. The maximum absolute atomic E-state index is 13.5. The van der Waals surface area contributed by atoms with Gasteiger partial charge in [-0.1, -0.05) is 23.7 Å². The van der Waals surface area contributed by atoms with Crippen LogP contribution in [0.2, 0.25) is 5.02 Å². The summed E-state index contributed by atoms with van der Waals surface area (Å²) < 4.78 is 15.1. The van der Waals surface area contributed by atoms with Gasteiger partial charge in [-0.2, -0.15) is 10.2 Å². The molecule has 2 N–H and O–H groups in total. The fourth-order valence-corrected chi connectivity index (χ4v) is 3.96. The fraction of sp³-hybridized carbons (Fsp3) is 0.0952. The van der Waals surface area contributed by atoms with Gasteiger partial charge in [0.25, 0.3) is 0 Å². The second kappa shape index (κ2) is 9.13. The Morgan fingerprint density at radius 2 is 2.06 bits per heavy atom. The molecule has 32 heavy (non-hydrogen) atoms. The van der Waals surface area contributed by atoms with Gasteiger partial charge in [-0.25, -0.2) is 8.91 Å². The molecule has 0 unspecified atom stereocenters. The number of nitrogens with one attached hydrogen (secondary N) is 2. The Hall–Kier alpha value is -3.81. The van der Waals surface area contributed by atoms with Gasteiger partial charge < -0.3 is 10.6 Å². The minimum Gasteiger partial charge on any atom is -0.347 e. The predicted octanol–water partition coefficient (Wildman–Crippen LogP) is 3.42. The second-order valence-electron chi connectivity index (χ2n) is 6.63. The van der Waals surface area contributed by atoms with E-state index in [0.717, 1.165) is 5.69 Å². The van der Waals surface area contributed by atoms with E-state index in [9.17, 15) is 14.0 Å². The van der Waals surface area contributed by atoms with Gasteiger partial charge >= 0.3 is 11.8 Å². The lowest BCUT2D eigenvalue weighted by Gasteiger charge is -2.08. The maximum Gasteiger partial charge on any atom is 0.313 e. The van der Waals surface area contributed by atoms with Crippen molar-refractivity contribution in [1.82, 2.24) is 19.9 Å². The molecule has 0 saturated heterocycles. The Labute approximate surface area is 190 Å². The van der Waals surface area contributed by atoms with E-state index in [4.69, 9.17) is 16.9 Å². The minimum atomic E-state index is -0.909. The summed E-state index contributed by atoms with van der Waals surface area (Å²) >= 11 is 7.25. The highest BCUT2D eigenvalue weighted by Gasteiger charge is 2.17. The number of carbonyl (C=O) groups is 2. The minimum absolute atomic E-state index is 0.159. The first-order valence-corrected chi connectivity index (χ1v) is 10.6. The molecule has 0 bridgehead atoms. The van der Waals surface area contributed by atoms with Crippen LogP contribution in [0.5, 0.6) is 0 Å². The van der Waals surface area contributed by atoms with Crippen LogP contribution in [-0.4, -0.2) is 33.0 Å². The molecule has 2 aromatic carbocycles. The second-order valence-corrected chi connectivity index (χ2v) is 7.90. The van der Waals surface area contributed by atoms with E-state index in [-0.39, 0.29) is 23.6 Å². The van der Waals surface area contributed by atoms with Crippen molar-refractivity contribution in [3.8, 4) is 17.5 Å². The average molecular weight is 469 g/mol. The number of rotatable bonds is 5. The summed E-state index contributed by atoms with van der Waals surface area (Å²) in [6, 6.07) is 12.3. The molecule has 4 rings (SSSR count). The average Bonchev–Trinajstić information content (AvgIpc) is 3.35. The number of benzene rings is 2. The number of aromatic nitrogens is 3. The Balaban J connectivity index is 1.38. The van der Waals surface area contributed by atoms with Crippen LogP contribution in [0, 0.1) is 17.1 Å². The van der Waals surface area contributed by atoms with E-state index in [1.54, 1.807) is 16.6 Å². The van der Waals surface area contributed by atoms with Gasteiger partial charge in [0, 0.05) is 28.9 Å². The van der Waals surface area contributed by atoms with Crippen molar-refractivity contribution in [3.63, 3.8) is 0 Å². The summed E-state index contributed by atoms with van der Waals surface area (Å²) in [6.07, 6.45) is 0.394. The molecular formula is C21H14ClFN6O2S. The monoisotopic (exact) mass is 468 g/mol. The molecule has 0 aliphatic rings. The molecule has 2 aromatic heterocycles. The standard InChI is InChI=1S/C21H14ClFN6O2S/c22-14-5-4-13(10-24)17(9-14)26-20(31)19(30)25-7-6-16-11-32-21-27-18(28-29(16)21)12-2-1-3-15(23)8-12/h1-5,8-9,11H,6-7H2,(H,25,30)(H,26,31). The number of thiazole rings is 1. The van der Waals surface area contributed by atoms with Crippen LogP contribution in [0.1, 0.15) is 11.3 Å². The lowest BCUT2D eigenvalue weighted by molar-refractivity contribution is -0.136. The normalized spacial score (nSPS) is 10.7. The third-order valence-corrected chi connectivity index (χ3v) is 5.56. The predicted molar refractivity (Wildman–Crippen MR) is 118 cm³/mol. The highest BCUT2D eigenvalue weighted by molar-refractivity contribution is 7.15. The van der Waals surface area contributed by atoms with Gasteiger partial charge in [0.1, 0.15) is 11.9 Å². The molecule has 11 heteroatoms. The molecule has 2 amide bonds. The van der Waals surface area contributed by atoms with Crippen molar-refractivity contribution >= 4 is 45.4 Å². The molecule has 0 radical (unpaired) electrons.